The summed E-state index contributed by atoms with van der Waals surface area (Å²) in [5, 5.41) is 9.90. The average molecular weight is 361 g/mol. The van der Waals surface area contributed by atoms with Gasteiger partial charge >= 0.3 is 5.69 Å². The van der Waals surface area contributed by atoms with Gasteiger partial charge in [-0.3, -0.25) is 13.9 Å². The largest absolute Gasteiger partial charge is 0.396 e. The molecule has 8 nitrogen and oxygen atoms in total. The first-order chi connectivity index (χ1) is 12.2. The van der Waals surface area contributed by atoms with Gasteiger partial charge in [0.2, 0.25) is 0 Å². The van der Waals surface area contributed by atoms with E-state index in [0.29, 0.717) is 23.6 Å². The summed E-state index contributed by atoms with van der Waals surface area (Å²) in [4.78, 5) is 31.2. The molecule has 2 aromatic heterocycles. The molecule has 1 aliphatic carbocycles. The van der Waals surface area contributed by atoms with E-state index < -0.39 is 0 Å². The molecule has 1 aliphatic heterocycles. The zero-order valence-corrected chi connectivity index (χ0v) is 15.9. The standard InChI is InChI=1S/C18H27N5O3/c1-17(2)8-18(10-24)9-22(7-12(17)18)5-6-23-11-19-14-13(23)15(25)21(4)16(26)20(14)3/h11-12,24H,5-10H2,1-4H3/t12-,18-/m1/s1. The average Bonchev–Trinajstić information content (AvgIpc) is 3.16. The van der Waals surface area contributed by atoms with E-state index in [4.69, 9.17) is 0 Å². The summed E-state index contributed by atoms with van der Waals surface area (Å²) in [5.41, 5.74) is 0.543. The molecular weight excluding hydrogens is 334 g/mol. The van der Waals surface area contributed by atoms with E-state index in [2.05, 4.69) is 23.7 Å². The van der Waals surface area contributed by atoms with Crippen molar-refractivity contribution in [3.63, 3.8) is 0 Å². The molecule has 2 fully saturated rings. The van der Waals surface area contributed by atoms with Gasteiger partial charge in [-0.1, -0.05) is 13.8 Å². The number of aliphatic hydroxyl groups is 1. The van der Waals surface area contributed by atoms with E-state index in [0.717, 1.165) is 30.6 Å². The number of imidazole rings is 1. The fourth-order valence-corrected chi connectivity index (χ4v) is 5.43. The molecule has 26 heavy (non-hydrogen) atoms. The van der Waals surface area contributed by atoms with Crippen molar-refractivity contribution in [2.24, 2.45) is 30.8 Å². The Bertz CT molecular complexity index is 985. The van der Waals surface area contributed by atoms with Crippen LogP contribution in [0.4, 0.5) is 0 Å². The number of nitrogens with zero attached hydrogens (tertiary/aromatic N) is 5. The molecule has 0 spiro atoms. The summed E-state index contributed by atoms with van der Waals surface area (Å²) in [7, 11) is 3.12. The second-order valence-corrected chi connectivity index (χ2v) is 8.79. The van der Waals surface area contributed by atoms with E-state index >= 15 is 0 Å². The normalized spacial score (nSPS) is 27.7. The molecular formula is C18H27N5O3. The number of hydrogen-bond acceptors (Lipinski definition) is 5. The predicted molar refractivity (Wildman–Crippen MR) is 98.1 cm³/mol. The van der Waals surface area contributed by atoms with Gasteiger partial charge in [0.15, 0.2) is 11.2 Å². The highest BCUT2D eigenvalue weighted by Gasteiger charge is 2.62. The Morgan fingerprint density at radius 3 is 2.58 bits per heavy atom. The Labute approximate surface area is 151 Å². The molecule has 2 atom stereocenters. The van der Waals surface area contributed by atoms with Crippen molar-refractivity contribution >= 4 is 11.2 Å². The van der Waals surface area contributed by atoms with Crippen LogP contribution in [-0.4, -0.2) is 54.9 Å². The highest BCUT2D eigenvalue weighted by atomic mass is 16.3. The molecule has 1 saturated carbocycles. The van der Waals surface area contributed by atoms with Crippen LogP contribution in [0.25, 0.3) is 11.2 Å². The van der Waals surface area contributed by atoms with Gasteiger partial charge in [0.1, 0.15) is 0 Å². The monoisotopic (exact) mass is 361 g/mol. The van der Waals surface area contributed by atoms with Gasteiger partial charge in [-0.05, 0) is 17.8 Å². The molecule has 142 valence electrons. The smallest absolute Gasteiger partial charge is 0.332 e. The van der Waals surface area contributed by atoms with Gasteiger partial charge < -0.3 is 14.6 Å². The number of likely N-dealkylation sites (tertiary alicyclic amines) is 1. The van der Waals surface area contributed by atoms with Gasteiger partial charge in [-0.2, -0.15) is 0 Å². The fourth-order valence-electron chi connectivity index (χ4n) is 5.43. The molecule has 1 N–H and O–H groups in total. The second-order valence-electron chi connectivity index (χ2n) is 8.79. The second kappa shape index (κ2) is 5.53. The van der Waals surface area contributed by atoms with Gasteiger partial charge in [0.25, 0.3) is 5.56 Å². The van der Waals surface area contributed by atoms with Gasteiger partial charge in [-0.15, -0.1) is 0 Å². The zero-order valence-electron chi connectivity index (χ0n) is 15.9. The number of fused-ring (bicyclic) bond motifs is 2. The molecule has 0 unspecified atom stereocenters. The van der Waals surface area contributed by atoms with Crippen LogP contribution in [0, 0.1) is 16.7 Å². The van der Waals surface area contributed by atoms with Gasteiger partial charge in [0, 0.05) is 45.7 Å². The van der Waals surface area contributed by atoms with E-state index in [1.807, 2.05) is 4.57 Å². The first kappa shape index (κ1) is 17.5. The molecule has 0 amide bonds. The quantitative estimate of drug-likeness (QED) is 0.813. The van der Waals surface area contributed by atoms with Crippen LogP contribution in [0.1, 0.15) is 20.3 Å². The van der Waals surface area contributed by atoms with Crippen molar-refractivity contribution in [1.82, 2.24) is 23.6 Å². The van der Waals surface area contributed by atoms with Gasteiger partial charge in [-0.25, -0.2) is 9.78 Å². The maximum atomic E-state index is 12.5. The van der Waals surface area contributed by atoms with Crippen molar-refractivity contribution in [2.45, 2.75) is 26.8 Å². The highest BCUT2D eigenvalue weighted by molar-refractivity contribution is 5.69. The van der Waals surface area contributed by atoms with E-state index in [-0.39, 0.29) is 28.7 Å². The molecule has 4 rings (SSSR count). The van der Waals surface area contributed by atoms with Crippen LogP contribution in [0.5, 0.6) is 0 Å². The number of aliphatic hydroxyl groups excluding tert-OH is 1. The summed E-state index contributed by atoms with van der Waals surface area (Å²) in [6, 6.07) is 0. The number of aryl methyl sites for hydroxylation is 1. The summed E-state index contributed by atoms with van der Waals surface area (Å²) in [5.74, 6) is 0.522. The van der Waals surface area contributed by atoms with Crippen molar-refractivity contribution in [3.05, 3.63) is 27.2 Å². The first-order valence-electron chi connectivity index (χ1n) is 9.14. The van der Waals surface area contributed by atoms with Gasteiger partial charge in [0.05, 0.1) is 12.9 Å². The number of aromatic nitrogens is 4. The summed E-state index contributed by atoms with van der Waals surface area (Å²) < 4.78 is 4.38. The SMILES string of the molecule is Cn1c(=O)c2c(ncn2CCN2C[C@@H]3C(C)(C)C[C@]3(CO)C2)n(C)c1=O. The zero-order chi connectivity index (χ0) is 18.9. The van der Waals surface area contributed by atoms with Crippen molar-refractivity contribution in [2.75, 3.05) is 26.2 Å². The lowest BCUT2D eigenvalue weighted by atomic mass is 9.48. The van der Waals surface area contributed by atoms with Crippen molar-refractivity contribution in [3.8, 4) is 0 Å². The Morgan fingerprint density at radius 1 is 1.23 bits per heavy atom. The van der Waals surface area contributed by atoms with E-state index in [1.165, 1.54) is 11.6 Å². The maximum absolute atomic E-state index is 12.5. The molecule has 3 heterocycles. The molecule has 8 heteroatoms. The summed E-state index contributed by atoms with van der Waals surface area (Å²) in [6.07, 6.45) is 2.70. The van der Waals surface area contributed by atoms with Crippen LogP contribution in [0.15, 0.2) is 15.9 Å². The summed E-state index contributed by atoms with van der Waals surface area (Å²) in [6.45, 7) is 8.13. The third-order valence-electron chi connectivity index (χ3n) is 6.66. The topological polar surface area (TPSA) is 85.3 Å². The van der Waals surface area contributed by atoms with Crippen LogP contribution in [0.2, 0.25) is 0 Å². The Hall–Kier alpha value is -1.93. The third-order valence-corrected chi connectivity index (χ3v) is 6.66. The van der Waals surface area contributed by atoms with Crippen LogP contribution < -0.4 is 11.2 Å². The number of hydrogen-bond donors (Lipinski definition) is 1. The number of rotatable bonds is 4. The first-order valence-corrected chi connectivity index (χ1v) is 9.14. The molecule has 0 aromatic carbocycles. The minimum Gasteiger partial charge on any atom is -0.396 e. The predicted octanol–water partition coefficient (Wildman–Crippen LogP) is -0.226. The highest BCUT2D eigenvalue weighted by Crippen LogP contribution is 2.62. The van der Waals surface area contributed by atoms with Crippen molar-refractivity contribution in [1.29, 1.82) is 0 Å². The lowest BCUT2D eigenvalue weighted by Crippen LogP contribution is -2.54. The molecule has 2 aromatic rings. The van der Waals surface area contributed by atoms with Crippen LogP contribution in [0.3, 0.4) is 0 Å². The molecule has 2 aliphatic rings. The van der Waals surface area contributed by atoms with E-state index in [1.54, 1.807) is 13.4 Å². The Morgan fingerprint density at radius 2 is 1.96 bits per heavy atom. The minimum absolute atomic E-state index is 0.0422. The van der Waals surface area contributed by atoms with E-state index in [9.17, 15) is 14.7 Å². The van der Waals surface area contributed by atoms with Crippen molar-refractivity contribution < 1.29 is 5.11 Å². The lowest BCUT2D eigenvalue weighted by Gasteiger charge is -2.56. The molecule has 0 bridgehead atoms. The summed E-state index contributed by atoms with van der Waals surface area (Å²) >= 11 is 0. The lowest BCUT2D eigenvalue weighted by molar-refractivity contribution is -0.0977. The minimum atomic E-state index is -0.365. The Balaban J connectivity index is 1.57. The third kappa shape index (κ3) is 2.24. The molecule has 0 radical (unpaired) electrons. The molecule has 1 saturated heterocycles. The Kier molecular flexibility index (Phi) is 3.72. The fraction of sp³-hybridized carbons (Fsp3) is 0.722. The van der Waals surface area contributed by atoms with Crippen LogP contribution >= 0.6 is 0 Å². The van der Waals surface area contributed by atoms with Crippen LogP contribution in [-0.2, 0) is 20.6 Å². The maximum Gasteiger partial charge on any atom is 0.332 e.